The largest absolute Gasteiger partial charge is 0.354 e. The Kier molecular flexibility index (Phi) is 8.77. The first-order valence-electron chi connectivity index (χ1n) is 10.3. The van der Waals surface area contributed by atoms with Crippen molar-refractivity contribution >= 4 is 45.0 Å². The number of hydrogen-bond donors (Lipinski definition) is 1. The number of nitrogens with one attached hydrogen (secondary N) is 1. The van der Waals surface area contributed by atoms with E-state index >= 15 is 0 Å². The molecule has 33 heavy (non-hydrogen) atoms. The highest BCUT2D eigenvalue weighted by atomic mass is 35.5. The highest BCUT2D eigenvalue weighted by molar-refractivity contribution is 7.99. The standard InChI is InChI=1S/C24H24ClFN2O3S2/c1-18-3-9-21(10-4-18)28(33(30,31)23-13-7-20(26)8-14-23)17-24(29)27-15-2-16-32-22-11-5-19(25)6-12-22/h3-14H,2,15-17H2,1H3,(H,27,29). The maximum Gasteiger partial charge on any atom is 0.264 e. The summed E-state index contributed by atoms with van der Waals surface area (Å²) in [5, 5.41) is 3.46. The fourth-order valence-corrected chi connectivity index (χ4v) is 5.37. The summed E-state index contributed by atoms with van der Waals surface area (Å²) >= 11 is 7.53. The van der Waals surface area contributed by atoms with Gasteiger partial charge in [0.1, 0.15) is 12.4 Å². The molecule has 0 heterocycles. The van der Waals surface area contributed by atoms with Crippen molar-refractivity contribution < 1.29 is 17.6 Å². The van der Waals surface area contributed by atoms with Crippen LogP contribution in [0.3, 0.4) is 0 Å². The Morgan fingerprint density at radius 1 is 1.00 bits per heavy atom. The van der Waals surface area contributed by atoms with Gasteiger partial charge in [0.25, 0.3) is 10.0 Å². The molecule has 1 amide bonds. The van der Waals surface area contributed by atoms with E-state index in [2.05, 4.69) is 5.32 Å². The number of benzene rings is 3. The summed E-state index contributed by atoms with van der Waals surface area (Å²) in [4.78, 5) is 13.6. The first-order chi connectivity index (χ1) is 15.8. The molecule has 0 aliphatic rings. The number of carbonyl (C=O) groups is 1. The molecule has 0 saturated heterocycles. The van der Waals surface area contributed by atoms with Crippen molar-refractivity contribution in [2.24, 2.45) is 0 Å². The molecule has 5 nitrogen and oxygen atoms in total. The van der Waals surface area contributed by atoms with Crippen molar-refractivity contribution in [3.05, 3.63) is 89.2 Å². The second-order valence-electron chi connectivity index (χ2n) is 7.31. The zero-order valence-corrected chi connectivity index (χ0v) is 20.4. The number of halogens is 2. The fraction of sp³-hybridized carbons (Fsp3) is 0.208. The Morgan fingerprint density at radius 3 is 2.27 bits per heavy atom. The summed E-state index contributed by atoms with van der Waals surface area (Å²) in [6, 6.07) is 18.9. The van der Waals surface area contributed by atoms with E-state index in [9.17, 15) is 17.6 Å². The quantitative estimate of drug-likeness (QED) is 0.300. The number of thioether (sulfide) groups is 1. The van der Waals surface area contributed by atoms with Gasteiger partial charge in [-0.1, -0.05) is 29.3 Å². The average Bonchev–Trinajstić information content (AvgIpc) is 2.79. The van der Waals surface area contributed by atoms with Crippen molar-refractivity contribution in [3.63, 3.8) is 0 Å². The molecule has 3 aromatic rings. The minimum Gasteiger partial charge on any atom is -0.354 e. The molecular weight excluding hydrogens is 483 g/mol. The lowest BCUT2D eigenvalue weighted by molar-refractivity contribution is -0.119. The Morgan fingerprint density at radius 2 is 1.64 bits per heavy atom. The average molecular weight is 507 g/mol. The molecular formula is C24H24ClFN2O3S2. The van der Waals surface area contributed by atoms with Crippen LogP contribution in [0.5, 0.6) is 0 Å². The van der Waals surface area contributed by atoms with Gasteiger partial charge in [-0.25, -0.2) is 12.8 Å². The number of aryl methyl sites for hydroxylation is 1. The van der Waals surface area contributed by atoms with Gasteiger partial charge < -0.3 is 5.32 Å². The van der Waals surface area contributed by atoms with Crippen LogP contribution in [-0.2, 0) is 14.8 Å². The minimum absolute atomic E-state index is 0.0864. The normalized spacial score (nSPS) is 11.2. The molecule has 1 N–H and O–H groups in total. The van der Waals surface area contributed by atoms with Gasteiger partial charge in [0, 0.05) is 16.5 Å². The monoisotopic (exact) mass is 506 g/mol. The third-order valence-electron chi connectivity index (χ3n) is 4.74. The predicted molar refractivity (Wildman–Crippen MR) is 132 cm³/mol. The zero-order chi connectivity index (χ0) is 23.8. The first kappa shape index (κ1) is 25.1. The van der Waals surface area contributed by atoms with Gasteiger partial charge in [0.2, 0.25) is 5.91 Å². The number of hydrogen-bond acceptors (Lipinski definition) is 4. The summed E-state index contributed by atoms with van der Waals surface area (Å²) in [5.74, 6) is -0.167. The first-order valence-corrected chi connectivity index (χ1v) is 13.1. The van der Waals surface area contributed by atoms with Gasteiger partial charge in [-0.2, -0.15) is 0 Å². The highest BCUT2D eigenvalue weighted by Crippen LogP contribution is 2.24. The lowest BCUT2D eigenvalue weighted by atomic mass is 10.2. The number of rotatable bonds is 10. The summed E-state index contributed by atoms with van der Waals surface area (Å²) < 4.78 is 40.8. The molecule has 0 aliphatic carbocycles. The number of nitrogens with zero attached hydrogens (tertiary/aromatic N) is 1. The molecule has 174 valence electrons. The third-order valence-corrected chi connectivity index (χ3v) is 7.87. The van der Waals surface area contributed by atoms with E-state index in [4.69, 9.17) is 11.6 Å². The lowest BCUT2D eigenvalue weighted by Gasteiger charge is -2.24. The van der Waals surface area contributed by atoms with Crippen molar-refractivity contribution in [2.45, 2.75) is 23.1 Å². The van der Waals surface area contributed by atoms with Crippen LogP contribution in [0.4, 0.5) is 10.1 Å². The molecule has 0 saturated carbocycles. The van der Waals surface area contributed by atoms with Gasteiger partial charge in [0.15, 0.2) is 0 Å². The van der Waals surface area contributed by atoms with Gasteiger partial charge in [-0.3, -0.25) is 9.10 Å². The van der Waals surface area contributed by atoms with Crippen LogP contribution >= 0.6 is 23.4 Å². The molecule has 0 aromatic heterocycles. The number of sulfonamides is 1. The second-order valence-corrected chi connectivity index (χ2v) is 10.8. The van der Waals surface area contributed by atoms with Crippen LogP contribution in [0.1, 0.15) is 12.0 Å². The maximum absolute atomic E-state index is 13.3. The van der Waals surface area contributed by atoms with Gasteiger partial charge in [0.05, 0.1) is 10.6 Å². The van der Waals surface area contributed by atoms with E-state index in [-0.39, 0.29) is 11.4 Å². The van der Waals surface area contributed by atoms with Crippen LogP contribution in [0, 0.1) is 12.7 Å². The summed E-state index contributed by atoms with van der Waals surface area (Å²) in [5.41, 5.74) is 1.32. The maximum atomic E-state index is 13.3. The molecule has 0 bridgehead atoms. The molecule has 3 aromatic carbocycles. The third kappa shape index (κ3) is 7.22. The van der Waals surface area contributed by atoms with Crippen LogP contribution < -0.4 is 9.62 Å². The van der Waals surface area contributed by atoms with Crippen LogP contribution in [-0.4, -0.2) is 33.2 Å². The van der Waals surface area contributed by atoms with Crippen LogP contribution in [0.25, 0.3) is 0 Å². The second kappa shape index (κ2) is 11.5. The molecule has 0 unspecified atom stereocenters. The molecule has 0 aliphatic heterocycles. The SMILES string of the molecule is Cc1ccc(N(CC(=O)NCCCSc2ccc(Cl)cc2)S(=O)(=O)c2ccc(F)cc2)cc1. The molecule has 0 radical (unpaired) electrons. The topological polar surface area (TPSA) is 66.5 Å². The molecule has 3 rings (SSSR count). The van der Waals surface area contributed by atoms with Crippen molar-refractivity contribution in [2.75, 3.05) is 23.1 Å². The molecule has 0 atom stereocenters. The molecule has 0 spiro atoms. The Bertz CT molecular complexity index is 1170. The van der Waals surface area contributed by atoms with E-state index in [1.807, 2.05) is 31.2 Å². The van der Waals surface area contributed by atoms with Crippen molar-refractivity contribution in [1.82, 2.24) is 5.32 Å². The Hall–Kier alpha value is -2.55. The van der Waals surface area contributed by atoms with Crippen molar-refractivity contribution in [3.8, 4) is 0 Å². The number of anilines is 1. The molecule has 9 heteroatoms. The van der Waals surface area contributed by atoms with Crippen molar-refractivity contribution in [1.29, 1.82) is 0 Å². The van der Waals surface area contributed by atoms with Gasteiger partial charge in [-0.05, 0) is 79.8 Å². The van der Waals surface area contributed by atoms with Crippen LogP contribution in [0.2, 0.25) is 5.02 Å². The predicted octanol–water partition coefficient (Wildman–Crippen LogP) is 5.28. The zero-order valence-electron chi connectivity index (χ0n) is 18.0. The number of carbonyl (C=O) groups excluding carboxylic acids is 1. The van der Waals surface area contributed by atoms with E-state index in [1.54, 1.807) is 36.0 Å². The Labute approximate surface area is 203 Å². The van der Waals surface area contributed by atoms with E-state index in [0.717, 1.165) is 32.6 Å². The van der Waals surface area contributed by atoms with Gasteiger partial charge in [-0.15, -0.1) is 11.8 Å². The minimum atomic E-state index is -4.06. The van der Waals surface area contributed by atoms with E-state index < -0.39 is 21.7 Å². The highest BCUT2D eigenvalue weighted by Gasteiger charge is 2.27. The summed E-state index contributed by atoms with van der Waals surface area (Å²) in [6.07, 6.45) is 0.717. The molecule has 0 fully saturated rings. The number of amides is 1. The van der Waals surface area contributed by atoms with E-state index in [1.165, 1.54) is 12.1 Å². The van der Waals surface area contributed by atoms with E-state index in [0.29, 0.717) is 23.7 Å². The summed E-state index contributed by atoms with van der Waals surface area (Å²) in [7, 11) is -4.06. The van der Waals surface area contributed by atoms with Gasteiger partial charge >= 0.3 is 0 Å². The fourth-order valence-electron chi connectivity index (χ4n) is 2.97. The summed E-state index contributed by atoms with van der Waals surface area (Å²) in [6.45, 7) is 1.92. The Balaban J connectivity index is 1.63. The smallest absolute Gasteiger partial charge is 0.264 e. The lowest BCUT2D eigenvalue weighted by Crippen LogP contribution is -2.41. The van der Waals surface area contributed by atoms with Crippen LogP contribution in [0.15, 0.2) is 82.6 Å².